The van der Waals surface area contributed by atoms with Gasteiger partial charge in [-0.15, -0.1) is 0 Å². The van der Waals surface area contributed by atoms with E-state index < -0.39 is 23.7 Å². The van der Waals surface area contributed by atoms with Gasteiger partial charge in [-0.3, -0.25) is 4.79 Å². The molecule has 7 nitrogen and oxygen atoms in total. The number of nitrogens with one attached hydrogen (secondary N) is 2. The van der Waals surface area contributed by atoms with Gasteiger partial charge in [0.2, 0.25) is 0 Å². The van der Waals surface area contributed by atoms with Crippen molar-refractivity contribution in [2.24, 2.45) is 5.92 Å². The maximum atomic E-state index is 14.3. The zero-order chi connectivity index (χ0) is 28.1. The van der Waals surface area contributed by atoms with Crippen molar-refractivity contribution < 1.29 is 28.2 Å². The number of esters is 1. The number of alkyl carbamates (subject to hydrolysis) is 1. The van der Waals surface area contributed by atoms with E-state index in [0.717, 1.165) is 12.0 Å². The Kier molecular flexibility index (Phi) is 13.0. The van der Waals surface area contributed by atoms with Crippen LogP contribution < -0.4 is 10.6 Å². The number of benzene rings is 2. The van der Waals surface area contributed by atoms with Crippen LogP contribution in [0.2, 0.25) is 5.02 Å². The topological polar surface area (TPSA) is 85.9 Å². The minimum Gasteiger partial charge on any atom is -0.466 e. The highest BCUT2D eigenvalue weighted by Gasteiger charge is 2.27. The van der Waals surface area contributed by atoms with E-state index in [2.05, 4.69) is 10.6 Å². The molecule has 2 aromatic carbocycles. The smallest absolute Gasteiger partial charge is 0.407 e. The quantitative estimate of drug-likeness (QED) is 0.229. The monoisotopic (exact) mass is 550 g/mol. The number of methoxy groups -OCH3 is 1. The number of hydrogen-bond acceptors (Lipinski definition) is 6. The zero-order valence-corrected chi connectivity index (χ0v) is 23.7. The highest BCUT2D eigenvalue weighted by molar-refractivity contribution is 6.30. The molecule has 0 aromatic heterocycles. The third kappa shape index (κ3) is 11.4. The minimum atomic E-state index is -0.666. The lowest BCUT2D eigenvalue weighted by atomic mass is 9.93. The summed E-state index contributed by atoms with van der Waals surface area (Å²) in [6, 6.07) is 11.4. The molecule has 0 heterocycles. The SMILES string of the molecule is CCOC(=O)[C@H](CNCCCOC)C[C@@H](Cc1ccc(-c2cc(Cl)ccc2F)cc1)NC(=O)OC(C)(C)C. The van der Waals surface area contributed by atoms with Crippen LogP contribution >= 0.6 is 11.6 Å². The highest BCUT2D eigenvalue weighted by Crippen LogP contribution is 2.27. The predicted molar refractivity (Wildman–Crippen MR) is 148 cm³/mol. The summed E-state index contributed by atoms with van der Waals surface area (Å²) in [4.78, 5) is 25.4. The molecule has 1 amide bonds. The molecule has 2 rings (SSSR count). The summed E-state index contributed by atoms with van der Waals surface area (Å²) >= 11 is 6.05. The van der Waals surface area contributed by atoms with Crippen LogP contribution in [0.15, 0.2) is 42.5 Å². The lowest BCUT2D eigenvalue weighted by molar-refractivity contribution is -0.148. The Morgan fingerprint density at radius 1 is 1.11 bits per heavy atom. The maximum absolute atomic E-state index is 14.3. The second kappa shape index (κ2) is 15.7. The summed E-state index contributed by atoms with van der Waals surface area (Å²) in [6.07, 6.45) is 1.04. The van der Waals surface area contributed by atoms with E-state index in [4.69, 9.17) is 25.8 Å². The first-order valence-electron chi connectivity index (χ1n) is 12.9. The van der Waals surface area contributed by atoms with Crippen molar-refractivity contribution >= 4 is 23.7 Å². The van der Waals surface area contributed by atoms with Gasteiger partial charge < -0.3 is 24.8 Å². The van der Waals surface area contributed by atoms with E-state index in [1.807, 2.05) is 24.3 Å². The molecule has 0 aliphatic rings. The van der Waals surface area contributed by atoms with Gasteiger partial charge >= 0.3 is 12.1 Å². The van der Waals surface area contributed by atoms with Crippen LogP contribution in [-0.2, 0) is 25.4 Å². The van der Waals surface area contributed by atoms with Crippen LogP contribution in [0.4, 0.5) is 9.18 Å². The molecule has 0 aliphatic heterocycles. The van der Waals surface area contributed by atoms with Crippen molar-refractivity contribution in [1.82, 2.24) is 10.6 Å². The standard InChI is InChI=1S/C29H40ClFN2O5/c1-6-37-27(34)22(19-32-14-7-15-36-5)17-24(33-28(35)38-29(2,3)4)16-20-8-10-21(11-9-20)25-18-23(30)12-13-26(25)31/h8-13,18,22,24,32H,6-7,14-17,19H2,1-5H3,(H,33,35)/t22-,24+/m0/s1. The fraction of sp³-hybridized carbons (Fsp3) is 0.517. The molecule has 0 radical (unpaired) electrons. The number of carbonyl (C=O) groups is 2. The number of carbonyl (C=O) groups excluding carboxylic acids is 2. The average molecular weight is 551 g/mol. The molecular weight excluding hydrogens is 511 g/mol. The van der Waals surface area contributed by atoms with Crippen LogP contribution in [0, 0.1) is 11.7 Å². The second-order valence-corrected chi connectivity index (χ2v) is 10.5. The summed E-state index contributed by atoms with van der Waals surface area (Å²) in [5.74, 6) is -1.16. The summed E-state index contributed by atoms with van der Waals surface area (Å²) in [5.41, 5.74) is 1.35. The van der Waals surface area contributed by atoms with Crippen molar-refractivity contribution in [1.29, 1.82) is 0 Å². The van der Waals surface area contributed by atoms with Crippen LogP contribution in [0.5, 0.6) is 0 Å². The van der Waals surface area contributed by atoms with Crippen molar-refractivity contribution in [3.63, 3.8) is 0 Å². The normalized spacial score (nSPS) is 13.0. The first kappa shape index (κ1) is 31.5. The number of amides is 1. The van der Waals surface area contributed by atoms with Gasteiger partial charge in [0.25, 0.3) is 0 Å². The molecule has 0 saturated heterocycles. The summed E-state index contributed by atoms with van der Waals surface area (Å²) in [7, 11) is 1.65. The Balaban J connectivity index is 2.21. The molecule has 0 bridgehead atoms. The van der Waals surface area contributed by atoms with Crippen LogP contribution in [0.1, 0.15) is 46.1 Å². The van der Waals surface area contributed by atoms with Crippen LogP contribution in [0.25, 0.3) is 11.1 Å². The molecule has 0 aliphatic carbocycles. The van der Waals surface area contributed by atoms with E-state index in [1.165, 1.54) is 12.1 Å². The van der Waals surface area contributed by atoms with Gasteiger partial charge in [0.05, 0.1) is 12.5 Å². The molecule has 0 spiro atoms. The number of ether oxygens (including phenoxy) is 3. The predicted octanol–water partition coefficient (Wildman–Crippen LogP) is 5.78. The first-order valence-corrected chi connectivity index (χ1v) is 13.3. The molecule has 38 heavy (non-hydrogen) atoms. The van der Waals surface area contributed by atoms with E-state index in [0.29, 0.717) is 48.7 Å². The Labute approximate surface area is 230 Å². The van der Waals surface area contributed by atoms with Crippen molar-refractivity contribution in [3.05, 3.63) is 58.9 Å². The Bertz CT molecular complexity index is 1030. The van der Waals surface area contributed by atoms with Gasteiger partial charge in [-0.2, -0.15) is 0 Å². The molecule has 0 unspecified atom stereocenters. The summed E-state index contributed by atoms with van der Waals surface area (Å²) < 4.78 is 30.2. The minimum absolute atomic E-state index is 0.269. The van der Waals surface area contributed by atoms with E-state index in [9.17, 15) is 14.0 Å². The number of hydrogen-bond donors (Lipinski definition) is 2. The second-order valence-electron chi connectivity index (χ2n) is 10.1. The van der Waals surface area contributed by atoms with Crippen molar-refractivity contribution in [2.75, 3.05) is 33.4 Å². The number of rotatable bonds is 14. The van der Waals surface area contributed by atoms with Gasteiger partial charge in [0.15, 0.2) is 0 Å². The number of halogens is 2. The third-order valence-corrected chi connectivity index (χ3v) is 5.91. The Hall–Kier alpha value is -2.68. The summed E-state index contributed by atoms with van der Waals surface area (Å²) in [5, 5.41) is 6.67. The van der Waals surface area contributed by atoms with Crippen molar-refractivity contribution in [2.45, 2.75) is 58.6 Å². The van der Waals surface area contributed by atoms with Gasteiger partial charge in [-0.1, -0.05) is 35.9 Å². The van der Waals surface area contributed by atoms with Crippen molar-refractivity contribution in [3.8, 4) is 11.1 Å². The average Bonchev–Trinajstić information content (AvgIpc) is 2.84. The molecular formula is C29H40ClFN2O5. The fourth-order valence-corrected chi connectivity index (χ4v) is 4.15. The van der Waals surface area contributed by atoms with E-state index in [1.54, 1.807) is 40.9 Å². The zero-order valence-electron chi connectivity index (χ0n) is 22.9. The first-order chi connectivity index (χ1) is 18.0. The molecule has 0 saturated carbocycles. The van der Waals surface area contributed by atoms with E-state index >= 15 is 0 Å². The molecule has 210 valence electrons. The Morgan fingerprint density at radius 2 is 1.82 bits per heavy atom. The Morgan fingerprint density at radius 3 is 2.45 bits per heavy atom. The van der Waals surface area contributed by atoms with Gasteiger partial charge in [-0.25, -0.2) is 9.18 Å². The summed E-state index contributed by atoms with van der Waals surface area (Å²) in [6.45, 7) is 9.13. The van der Waals surface area contributed by atoms with Gasteiger partial charge in [0, 0.05) is 36.9 Å². The lowest BCUT2D eigenvalue weighted by Crippen LogP contribution is -2.43. The largest absolute Gasteiger partial charge is 0.466 e. The molecule has 0 fully saturated rings. The van der Waals surface area contributed by atoms with Gasteiger partial charge in [0.1, 0.15) is 11.4 Å². The molecule has 2 aromatic rings. The highest BCUT2D eigenvalue weighted by atomic mass is 35.5. The van der Waals surface area contributed by atoms with Crippen LogP contribution in [-0.4, -0.2) is 57.1 Å². The molecule has 2 atom stereocenters. The molecule has 9 heteroatoms. The van der Waals surface area contributed by atoms with Crippen LogP contribution in [0.3, 0.4) is 0 Å². The fourth-order valence-electron chi connectivity index (χ4n) is 3.98. The van der Waals surface area contributed by atoms with Gasteiger partial charge in [-0.05, 0) is 82.8 Å². The van der Waals surface area contributed by atoms with E-state index in [-0.39, 0.29) is 18.4 Å². The lowest BCUT2D eigenvalue weighted by Gasteiger charge is -2.26. The third-order valence-electron chi connectivity index (χ3n) is 5.68. The maximum Gasteiger partial charge on any atom is 0.407 e. The molecule has 2 N–H and O–H groups in total.